The summed E-state index contributed by atoms with van der Waals surface area (Å²) in [5, 5.41) is 7.26. The van der Waals surface area contributed by atoms with E-state index < -0.39 is 11.7 Å². The summed E-state index contributed by atoms with van der Waals surface area (Å²) in [6, 6.07) is 11.8. The maximum Gasteiger partial charge on any atom is 0.283 e. The quantitative estimate of drug-likeness (QED) is 0.270. The largest absolute Gasteiger partial charge is 0.494 e. The molecule has 2 aromatic carbocycles. The van der Waals surface area contributed by atoms with Crippen LogP contribution in [0.2, 0.25) is 5.02 Å². The zero-order valence-electron chi connectivity index (χ0n) is 22.8. The van der Waals surface area contributed by atoms with Crippen LogP contribution in [0.3, 0.4) is 0 Å². The third-order valence-corrected chi connectivity index (χ3v) is 7.47. The fourth-order valence-corrected chi connectivity index (χ4v) is 5.23. The van der Waals surface area contributed by atoms with Gasteiger partial charge in [0, 0.05) is 54.9 Å². The van der Waals surface area contributed by atoms with Gasteiger partial charge in [-0.05, 0) is 32.6 Å². The summed E-state index contributed by atoms with van der Waals surface area (Å²) in [5.41, 5.74) is 4.10. The first kappa shape index (κ1) is 27.4. The fourth-order valence-electron chi connectivity index (χ4n) is 5.04. The van der Waals surface area contributed by atoms with E-state index in [1.54, 1.807) is 13.2 Å². The van der Waals surface area contributed by atoms with Crippen LogP contribution in [0.25, 0.3) is 22.2 Å². The molecule has 0 bridgehead atoms. The van der Waals surface area contributed by atoms with Gasteiger partial charge in [-0.1, -0.05) is 36.4 Å². The minimum absolute atomic E-state index is 0.277. The molecule has 40 heavy (non-hydrogen) atoms. The van der Waals surface area contributed by atoms with Gasteiger partial charge in [0.25, 0.3) is 5.91 Å². The van der Waals surface area contributed by atoms with Crippen molar-refractivity contribution in [3.05, 3.63) is 66.2 Å². The van der Waals surface area contributed by atoms with Crippen LogP contribution >= 0.6 is 11.6 Å². The molecule has 1 fully saturated rings. The molecule has 4 aromatic rings. The normalized spacial score (nSPS) is 15.1. The number of hydrogen-bond donors (Lipinski definition) is 2. The summed E-state index contributed by atoms with van der Waals surface area (Å²) in [6.07, 6.45) is 4.47. The van der Waals surface area contributed by atoms with E-state index in [-0.39, 0.29) is 5.95 Å². The summed E-state index contributed by atoms with van der Waals surface area (Å²) in [5.74, 6) is -1.21. The molecule has 1 amide bonds. The molecule has 1 aliphatic rings. The molecule has 1 saturated heterocycles. The standard InChI is InChI=1S/C29H31ClFN7O2/c1-17(31)28(39)33-22-12-23(26(40-5)13-25(22)38-11-10-18(15-38)36(2)3)34-29-32-14-21(30)27(35-29)20-16-37(4)24-9-7-6-8-19(20)24/h6-9,12-14,16,18H,1,10-11,15H2,2-5H3,(H,33,39)(H,32,34,35)/t18-/m1/s1. The number of nitrogens with zero attached hydrogens (tertiary/aromatic N) is 5. The van der Waals surface area contributed by atoms with E-state index in [0.717, 1.165) is 41.7 Å². The predicted molar refractivity (Wildman–Crippen MR) is 158 cm³/mol. The van der Waals surface area contributed by atoms with Crippen LogP contribution in [0.1, 0.15) is 6.42 Å². The van der Waals surface area contributed by atoms with Crippen molar-refractivity contribution < 1.29 is 13.9 Å². The van der Waals surface area contributed by atoms with Gasteiger partial charge < -0.3 is 29.7 Å². The second kappa shape index (κ2) is 11.1. The number of halogens is 2. The number of likely N-dealkylation sites (N-methyl/N-ethyl adjacent to an activating group) is 1. The van der Waals surface area contributed by atoms with Crippen LogP contribution in [0.15, 0.2) is 61.2 Å². The summed E-state index contributed by atoms with van der Waals surface area (Å²) >= 11 is 6.55. The number of amides is 1. The second-order valence-electron chi connectivity index (χ2n) is 9.97. The Balaban J connectivity index is 1.54. The highest BCUT2D eigenvalue weighted by atomic mass is 35.5. The number of anilines is 4. The zero-order chi connectivity index (χ0) is 28.6. The third kappa shape index (κ3) is 5.32. The number of ether oxygens (including phenoxy) is 1. The van der Waals surface area contributed by atoms with E-state index in [9.17, 15) is 9.18 Å². The van der Waals surface area contributed by atoms with Crippen LogP contribution in [-0.4, -0.2) is 65.7 Å². The van der Waals surface area contributed by atoms with Crippen molar-refractivity contribution in [3.8, 4) is 17.0 Å². The van der Waals surface area contributed by atoms with Crippen molar-refractivity contribution in [1.82, 2.24) is 19.4 Å². The lowest BCUT2D eigenvalue weighted by Gasteiger charge is -2.25. The number of para-hydroxylation sites is 1. The lowest BCUT2D eigenvalue weighted by atomic mass is 10.1. The van der Waals surface area contributed by atoms with Gasteiger partial charge >= 0.3 is 0 Å². The number of carbonyl (C=O) groups excluding carboxylic acids is 1. The lowest BCUT2D eigenvalue weighted by molar-refractivity contribution is -0.114. The maximum absolute atomic E-state index is 13.7. The Morgan fingerprint density at radius 3 is 2.73 bits per heavy atom. The molecule has 9 nitrogen and oxygen atoms in total. The molecule has 2 aromatic heterocycles. The topological polar surface area (TPSA) is 87.5 Å². The van der Waals surface area contributed by atoms with Crippen molar-refractivity contribution >= 4 is 51.4 Å². The number of carbonyl (C=O) groups is 1. The van der Waals surface area contributed by atoms with Gasteiger partial charge in [0.05, 0.1) is 41.1 Å². The summed E-state index contributed by atoms with van der Waals surface area (Å²) < 4.78 is 21.4. The predicted octanol–water partition coefficient (Wildman–Crippen LogP) is 5.60. The molecule has 0 aliphatic carbocycles. The van der Waals surface area contributed by atoms with E-state index in [0.29, 0.717) is 33.9 Å². The number of rotatable bonds is 8. The first-order chi connectivity index (χ1) is 19.2. The Hall–Kier alpha value is -4.15. The zero-order valence-corrected chi connectivity index (χ0v) is 23.6. The van der Waals surface area contributed by atoms with Crippen LogP contribution in [0.5, 0.6) is 5.75 Å². The monoisotopic (exact) mass is 563 g/mol. The number of hydrogen-bond acceptors (Lipinski definition) is 7. The number of aryl methyl sites for hydroxylation is 1. The van der Waals surface area contributed by atoms with Gasteiger partial charge in [-0.25, -0.2) is 14.4 Å². The molecule has 1 aliphatic heterocycles. The first-order valence-corrected chi connectivity index (χ1v) is 13.2. The van der Waals surface area contributed by atoms with E-state index >= 15 is 0 Å². The van der Waals surface area contributed by atoms with Crippen LogP contribution < -0.4 is 20.3 Å². The van der Waals surface area contributed by atoms with Gasteiger partial charge in [-0.15, -0.1) is 0 Å². The van der Waals surface area contributed by atoms with Crippen molar-refractivity contribution in [2.24, 2.45) is 7.05 Å². The molecule has 11 heteroatoms. The van der Waals surface area contributed by atoms with E-state index in [1.165, 1.54) is 6.20 Å². The van der Waals surface area contributed by atoms with E-state index in [4.69, 9.17) is 21.3 Å². The molecule has 3 heterocycles. The van der Waals surface area contributed by atoms with Crippen LogP contribution in [-0.2, 0) is 11.8 Å². The summed E-state index contributed by atoms with van der Waals surface area (Å²) in [4.78, 5) is 25.7. The number of methoxy groups -OCH3 is 1. The molecule has 0 spiro atoms. The van der Waals surface area contributed by atoms with Crippen LogP contribution in [0, 0.1) is 0 Å². The van der Waals surface area contributed by atoms with E-state index in [2.05, 4.69) is 32.0 Å². The van der Waals surface area contributed by atoms with Crippen LogP contribution in [0.4, 0.5) is 27.4 Å². The average molecular weight is 564 g/mol. The van der Waals surface area contributed by atoms with Gasteiger partial charge in [-0.3, -0.25) is 4.79 Å². The maximum atomic E-state index is 13.7. The smallest absolute Gasteiger partial charge is 0.283 e. The molecule has 0 saturated carbocycles. The highest BCUT2D eigenvalue weighted by molar-refractivity contribution is 6.33. The molecule has 2 N–H and O–H groups in total. The minimum atomic E-state index is -1.08. The summed E-state index contributed by atoms with van der Waals surface area (Å²) in [7, 11) is 7.60. The minimum Gasteiger partial charge on any atom is -0.494 e. The first-order valence-electron chi connectivity index (χ1n) is 12.8. The average Bonchev–Trinajstić information content (AvgIpc) is 3.55. The van der Waals surface area contributed by atoms with Crippen molar-refractivity contribution in [2.45, 2.75) is 12.5 Å². The Morgan fingerprint density at radius 2 is 2.02 bits per heavy atom. The SMILES string of the molecule is C=C(F)C(=O)Nc1cc(Nc2ncc(Cl)c(-c3cn(C)c4ccccc34)n2)c(OC)cc1N1CC[C@@H](N(C)C)C1. The fraction of sp³-hybridized carbons (Fsp3) is 0.276. The number of nitrogens with one attached hydrogen (secondary N) is 2. The van der Waals surface area contributed by atoms with Gasteiger partial charge in [-0.2, -0.15) is 0 Å². The Bertz CT molecular complexity index is 1600. The van der Waals surface area contributed by atoms with Crippen molar-refractivity contribution in [2.75, 3.05) is 49.8 Å². The molecular weight excluding hydrogens is 533 g/mol. The molecular formula is C29H31ClFN7O2. The van der Waals surface area contributed by atoms with E-state index in [1.807, 2.05) is 62.2 Å². The molecule has 1 atom stereocenters. The molecule has 5 rings (SSSR count). The van der Waals surface area contributed by atoms with Gasteiger partial charge in [0.15, 0.2) is 5.83 Å². The Morgan fingerprint density at radius 1 is 1.25 bits per heavy atom. The summed E-state index contributed by atoms with van der Waals surface area (Å²) in [6.45, 7) is 4.65. The Kier molecular flexibility index (Phi) is 7.64. The highest BCUT2D eigenvalue weighted by Gasteiger charge is 2.28. The molecule has 208 valence electrons. The van der Waals surface area contributed by atoms with Crippen molar-refractivity contribution in [3.63, 3.8) is 0 Å². The highest BCUT2D eigenvalue weighted by Crippen LogP contribution is 2.40. The third-order valence-electron chi connectivity index (χ3n) is 7.19. The molecule has 0 radical (unpaired) electrons. The Labute approximate surface area is 237 Å². The van der Waals surface area contributed by atoms with Gasteiger partial charge in [0.2, 0.25) is 5.95 Å². The number of aromatic nitrogens is 3. The molecule has 0 unspecified atom stereocenters. The van der Waals surface area contributed by atoms with Crippen molar-refractivity contribution in [1.29, 1.82) is 0 Å². The van der Waals surface area contributed by atoms with Gasteiger partial charge in [0.1, 0.15) is 5.75 Å². The number of fused-ring (bicyclic) bond motifs is 1. The number of benzene rings is 2. The lowest BCUT2D eigenvalue weighted by Crippen LogP contribution is -2.31. The second-order valence-corrected chi connectivity index (χ2v) is 10.4.